The minimum Gasteiger partial charge on any atom is -0.352 e. The number of nitrogens with zero attached hydrogens (tertiary/aromatic N) is 1. The van der Waals surface area contributed by atoms with Crippen molar-refractivity contribution in [2.24, 2.45) is 5.92 Å². The topological polar surface area (TPSA) is 86.9 Å². The van der Waals surface area contributed by atoms with E-state index in [0.717, 1.165) is 22.5 Å². The first-order chi connectivity index (χ1) is 11.9. The maximum Gasteiger partial charge on any atom is 0.251 e. The molecule has 6 nitrogen and oxygen atoms in total. The van der Waals surface area contributed by atoms with Crippen molar-refractivity contribution in [1.29, 1.82) is 0 Å². The van der Waals surface area contributed by atoms with Crippen molar-refractivity contribution in [3.05, 3.63) is 52.3 Å². The standard InChI is InChI=1S/C19H26N4O2/c1-5-20-19(25)16-8-6-7-15(10-16)11-21-18(24)12(2)9-17-13(3)22-23-14(17)4/h6-8,10,12H,5,9,11H2,1-4H3,(H,20,25)(H,21,24)(H,22,23). The van der Waals surface area contributed by atoms with Gasteiger partial charge in [0, 0.05) is 30.3 Å². The Morgan fingerprint density at radius 3 is 2.64 bits per heavy atom. The minimum absolute atomic E-state index is 0.0107. The van der Waals surface area contributed by atoms with E-state index in [1.807, 2.05) is 39.8 Å². The minimum atomic E-state index is -0.151. The van der Waals surface area contributed by atoms with Gasteiger partial charge in [-0.2, -0.15) is 5.10 Å². The maximum atomic E-state index is 12.4. The number of carbonyl (C=O) groups is 2. The van der Waals surface area contributed by atoms with E-state index < -0.39 is 0 Å². The summed E-state index contributed by atoms with van der Waals surface area (Å²) in [5.41, 5.74) is 4.55. The van der Waals surface area contributed by atoms with E-state index in [0.29, 0.717) is 25.1 Å². The number of carbonyl (C=O) groups excluding carboxylic acids is 2. The summed E-state index contributed by atoms with van der Waals surface area (Å²) in [6.45, 7) is 8.69. The first-order valence-electron chi connectivity index (χ1n) is 8.57. The van der Waals surface area contributed by atoms with Gasteiger partial charge in [-0.05, 0) is 50.5 Å². The van der Waals surface area contributed by atoms with Gasteiger partial charge in [0.1, 0.15) is 0 Å². The predicted octanol–water partition coefficient (Wildman–Crippen LogP) is 2.27. The molecule has 0 saturated heterocycles. The Kier molecular flexibility index (Phi) is 6.33. The second-order valence-electron chi connectivity index (χ2n) is 6.30. The summed E-state index contributed by atoms with van der Waals surface area (Å²) in [5, 5.41) is 12.8. The zero-order valence-electron chi connectivity index (χ0n) is 15.3. The fraction of sp³-hybridized carbons (Fsp3) is 0.421. The van der Waals surface area contributed by atoms with E-state index in [2.05, 4.69) is 20.8 Å². The molecule has 0 spiro atoms. The lowest BCUT2D eigenvalue weighted by Crippen LogP contribution is -2.30. The molecule has 1 aromatic carbocycles. The van der Waals surface area contributed by atoms with Gasteiger partial charge in [-0.25, -0.2) is 0 Å². The number of hydrogen-bond donors (Lipinski definition) is 3. The summed E-state index contributed by atoms with van der Waals surface area (Å²) < 4.78 is 0. The molecule has 2 rings (SSSR count). The van der Waals surface area contributed by atoms with Crippen LogP contribution in [0.2, 0.25) is 0 Å². The van der Waals surface area contributed by atoms with Gasteiger partial charge in [0.25, 0.3) is 5.91 Å². The molecule has 0 aliphatic heterocycles. The molecular weight excluding hydrogens is 316 g/mol. The van der Waals surface area contributed by atoms with Crippen LogP contribution in [0.15, 0.2) is 24.3 Å². The molecule has 1 unspecified atom stereocenters. The first kappa shape index (κ1) is 18.7. The largest absolute Gasteiger partial charge is 0.352 e. The molecule has 0 bridgehead atoms. The lowest BCUT2D eigenvalue weighted by atomic mass is 9.99. The van der Waals surface area contributed by atoms with E-state index in [1.165, 1.54) is 0 Å². The van der Waals surface area contributed by atoms with Crippen LogP contribution in [0.4, 0.5) is 0 Å². The zero-order chi connectivity index (χ0) is 18.4. The third-order valence-corrected chi connectivity index (χ3v) is 4.23. The lowest BCUT2D eigenvalue weighted by Gasteiger charge is -2.13. The zero-order valence-corrected chi connectivity index (χ0v) is 15.3. The summed E-state index contributed by atoms with van der Waals surface area (Å²) in [4.78, 5) is 24.2. The van der Waals surface area contributed by atoms with Crippen LogP contribution in [-0.2, 0) is 17.8 Å². The van der Waals surface area contributed by atoms with Gasteiger partial charge in [-0.15, -0.1) is 0 Å². The number of H-pyrrole nitrogens is 1. The molecule has 0 aliphatic carbocycles. The van der Waals surface area contributed by atoms with Crippen molar-refractivity contribution >= 4 is 11.8 Å². The van der Waals surface area contributed by atoms with Crippen LogP contribution in [-0.4, -0.2) is 28.6 Å². The second-order valence-corrected chi connectivity index (χ2v) is 6.30. The molecule has 1 heterocycles. The Labute approximate surface area is 148 Å². The quantitative estimate of drug-likeness (QED) is 0.721. The van der Waals surface area contributed by atoms with Crippen LogP contribution in [0, 0.1) is 19.8 Å². The molecule has 0 fully saturated rings. The van der Waals surface area contributed by atoms with Crippen molar-refractivity contribution in [3.8, 4) is 0 Å². The highest BCUT2D eigenvalue weighted by atomic mass is 16.2. The fourth-order valence-electron chi connectivity index (χ4n) is 2.72. The Hall–Kier alpha value is -2.63. The molecular formula is C19H26N4O2. The van der Waals surface area contributed by atoms with Crippen molar-refractivity contribution < 1.29 is 9.59 Å². The van der Waals surface area contributed by atoms with Gasteiger partial charge in [0.15, 0.2) is 0 Å². The summed E-state index contributed by atoms with van der Waals surface area (Å²) in [7, 11) is 0. The van der Waals surface area contributed by atoms with Gasteiger partial charge in [0.2, 0.25) is 5.91 Å². The fourth-order valence-corrected chi connectivity index (χ4v) is 2.72. The molecule has 0 aliphatic rings. The Balaban J connectivity index is 1.93. The Bertz CT molecular complexity index is 732. The van der Waals surface area contributed by atoms with E-state index in [4.69, 9.17) is 0 Å². The summed E-state index contributed by atoms with van der Waals surface area (Å²) >= 11 is 0. The van der Waals surface area contributed by atoms with Gasteiger partial charge >= 0.3 is 0 Å². The van der Waals surface area contributed by atoms with Crippen LogP contribution < -0.4 is 10.6 Å². The number of nitrogens with one attached hydrogen (secondary N) is 3. The number of hydrogen-bond acceptors (Lipinski definition) is 3. The third-order valence-electron chi connectivity index (χ3n) is 4.23. The predicted molar refractivity (Wildman–Crippen MR) is 97.2 cm³/mol. The molecule has 2 aromatic rings. The first-order valence-corrected chi connectivity index (χ1v) is 8.57. The van der Waals surface area contributed by atoms with Gasteiger partial charge in [-0.3, -0.25) is 14.7 Å². The number of aromatic amines is 1. The highest BCUT2D eigenvalue weighted by Crippen LogP contribution is 2.15. The lowest BCUT2D eigenvalue weighted by molar-refractivity contribution is -0.124. The summed E-state index contributed by atoms with van der Waals surface area (Å²) in [6, 6.07) is 7.30. The van der Waals surface area contributed by atoms with Gasteiger partial charge in [-0.1, -0.05) is 19.1 Å². The van der Waals surface area contributed by atoms with Gasteiger partial charge in [0.05, 0.1) is 5.69 Å². The third kappa shape index (κ3) is 4.92. The summed E-state index contributed by atoms with van der Waals surface area (Å²) in [5.74, 6) is -0.264. The average molecular weight is 342 g/mol. The molecule has 3 N–H and O–H groups in total. The molecule has 134 valence electrons. The van der Waals surface area contributed by atoms with Crippen LogP contribution >= 0.6 is 0 Å². The van der Waals surface area contributed by atoms with E-state index in [1.54, 1.807) is 12.1 Å². The highest BCUT2D eigenvalue weighted by Gasteiger charge is 2.17. The maximum absolute atomic E-state index is 12.4. The Morgan fingerprint density at radius 1 is 1.24 bits per heavy atom. The smallest absolute Gasteiger partial charge is 0.251 e. The number of benzene rings is 1. The van der Waals surface area contributed by atoms with E-state index in [9.17, 15) is 9.59 Å². The number of rotatable bonds is 7. The molecule has 1 aromatic heterocycles. The van der Waals surface area contributed by atoms with Crippen LogP contribution in [0.25, 0.3) is 0 Å². The van der Waals surface area contributed by atoms with E-state index in [-0.39, 0.29) is 17.7 Å². The number of amides is 2. The Morgan fingerprint density at radius 2 is 2.00 bits per heavy atom. The van der Waals surface area contributed by atoms with Crippen molar-refractivity contribution in [2.75, 3.05) is 6.54 Å². The number of aromatic nitrogens is 2. The van der Waals surface area contributed by atoms with Gasteiger partial charge < -0.3 is 10.6 Å². The van der Waals surface area contributed by atoms with Crippen LogP contribution in [0.5, 0.6) is 0 Å². The monoisotopic (exact) mass is 342 g/mol. The SMILES string of the molecule is CCNC(=O)c1cccc(CNC(=O)C(C)Cc2c(C)n[nH]c2C)c1. The number of aryl methyl sites for hydroxylation is 2. The highest BCUT2D eigenvalue weighted by molar-refractivity contribution is 5.94. The van der Waals surface area contributed by atoms with Crippen LogP contribution in [0.3, 0.4) is 0 Å². The summed E-state index contributed by atoms with van der Waals surface area (Å²) in [6.07, 6.45) is 0.652. The van der Waals surface area contributed by atoms with E-state index >= 15 is 0 Å². The van der Waals surface area contributed by atoms with Crippen molar-refractivity contribution in [1.82, 2.24) is 20.8 Å². The molecule has 6 heteroatoms. The normalized spacial score (nSPS) is 11.8. The molecule has 25 heavy (non-hydrogen) atoms. The average Bonchev–Trinajstić information content (AvgIpc) is 2.92. The van der Waals surface area contributed by atoms with Crippen molar-refractivity contribution in [2.45, 2.75) is 40.7 Å². The molecule has 0 saturated carbocycles. The van der Waals surface area contributed by atoms with Crippen LogP contribution in [0.1, 0.15) is 46.7 Å². The molecule has 1 atom stereocenters. The van der Waals surface area contributed by atoms with Crippen molar-refractivity contribution in [3.63, 3.8) is 0 Å². The second kappa shape index (κ2) is 8.46. The molecule has 2 amide bonds. The molecule has 0 radical (unpaired) electrons.